The van der Waals surface area contributed by atoms with Crippen LogP contribution < -0.4 is 10.0 Å². The predicted molar refractivity (Wildman–Crippen MR) is 59.8 cm³/mol. The van der Waals surface area contributed by atoms with Gasteiger partial charge in [-0.25, -0.2) is 13.1 Å². The van der Waals surface area contributed by atoms with E-state index in [4.69, 9.17) is 0 Å². The van der Waals surface area contributed by atoms with E-state index >= 15 is 0 Å². The molecule has 0 heterocycles. The van der Waals surface area contributed by atoms with Gasteiger partial charge in [0.1, 0.15) is 0 Å². The summed E-state index contributed by atoms with van der Waals surface area (Å²) in [5, 5.41) is 2.46. The van der Waals surface area contributed by atoms with Gasteiger partial charge in [-0.15, -0.1) is 0 Å². The van der Waals surface area contributed by atoms with Crippen molar-refractivity contribution in [2.75, 3.05) is 20.1 Å². The zero-order chi connectivity index (χ0) is 11.4. The topological polar surface area (TPSA) is 58.2 Å². The van der Waals surface area contributed by atoms with E-state index in [1.807, 2.05) is 20.8 Å². The van der Waals surface area contributed by atoms with Crippen LogP contribution in [0, 0.1) is 5.41 Å². The van der Waals surface area contributed by atoms with Gasteiger partial charge in [-0.2, -0.15) is 0 Å². The second-order valence-corrected chi connectivity index (χ2v) is 6.98. The molecule has 0 aromatic heterocycles. The van der Waals surface area contributed by atoms with E-state index in [0.717, 1.165) is 0 Å². The Bertz CT molecular complexity index is 254. The molecule has 2 N–H and O–H groups in total. The summed E-state index contributed by atoms with van der Waals surface area (Å²) in [6, 6.07) is 0. The Hall–Kier alpha value is -0.130. The Balaban J connectivity index is 4.22. The highest BCUT2D eigenvalue weighted by atomic mass is 32.2. The molecule has 4 nitrogen and oxygen atoms in total. The van der Waals surface area contributed by atoms with E-state index in [-0.39, 0.29) is 5.41 Å². The fraction of sp³-hybridized carbons (Fsp3) is 1.00. The minimum Gasteiger partial charge on any atom is -0.318 e. The minimum atomic E-state index is -3.17. The molecule has 1 atom stereocenters. The lowest BCUT2D eigenvalue weighted by atomic mass is 9.98. The van der Waals surface area contributed by atoms with Crippen LogP contribution in [0.2, 0.25) is 0 Å². The molecule has 0 fully saturated rings. The molecule has 0 radical (unpaired) electrons. The molecule has 14 heavy (non-hydrogen) atoms. The van der Waals surface area contributed by atoms with Crippen LogP contribution in [0.3, 0.4) is 0 Å². The molecule has 5 heteroatoms. The molecular weight excluding hydrogens is 200 g/mol. The summed E-state index contributed by atoms with van der Waals surface area (Å²) in [7, 11) is -1.42. The SMILES string of the molecule is CNCC(C)S(=O)(=O)NCC(C)(C)C. The third kappa shape index (κ3) is 5.57. The molecule has 0 aromatic rings. The second-order valence-electron chi connectivity index (χ2n) is 4.80. The normalized spacial score (nSPS) is 15.5. The van der Waals surface area contributed by atoms with Crippen molar-refractivity contribution in [2.24, 2.45) is 5.41 Å². The lowest BCUT2D eigenvalue weighted by Crippen LogP contribution is -2.41. The molecule has 0 spiro atoms. The van der Waals surface area contributed by atoms with Gasteiger partial charge in [0, 0.05) is 13.1 Å². The van der Waals surface area contributed by atoms with E-state index in [1.54, 1.807) is 14.0 Å². The Morgan fingerprint density at radius 1 is 1.29 bits per heavy atom. The molecular formula is C9H22N2O2S. The summed E-state index contributed by atoms with van der Waals surface area (Å²) in [6.45, 7) is 8.64. The maximum Gasteiger partial charge on any atom is 0.215 e. The second kappa shape index (κ2) is 5.09. The van der Waals surface area contributed by atoms with Gasteiger partial charge >= 0.3 is 0 Å². The van der Waals surface area contributed by atoms with Crippen molar-refractivity contribution in [1.29, 1.82) is 0 Å². The van der Waals surface area contributed by atoms with Crippen LogP contribution in [0.4, 0.5) is 0 Å². The Morgan fingerprint density at radius 3 is 2.14 bits per heavy atom. The molecule has 0 aliphatic carbocycles. The Kier molecular flexibility index (Phi) is 5.05. The van der Waals surface area contributed by atoms with Crippen LogP contribution in [0.5, 0.6) is 0 Å². The highest BCUT2D eigenvalue weighted by Gasteiger charge is 2.21. The molecule has 0 saturated carbocycles. The maximum absolute atomic E-state index is 11.6. The van der Waals surface area contributed by atoms with E-state index in [1.165, 1.54) is 0 Å². The molecule has 0 aliphatic heterocycles. The molecule has 0 saturated heterocycles. The first-order valence-corrected chi connectivity index (χ1v) is 6.37. The fourth-order valence-electron chi connectivity index (χ4n) is 0.857. The van der Waals surface area contributed by atoms with Crippen LogP contribution in [-0.4, -0.2) is 33.8 Å². The number of hydrogen-bond donors (Lipinski definition) is 2. The highest BCUT2D eigenvalue weighted by Crippen LogP contribution is 2.11. The van der Waals surface area contributed by atoms with Crippen molar-refractivity contribution < 1.29 is 8.42 Å². The van der Waals surface area contributed by atoms with Crippen LogP contribution in [0.25, 0.3) is 0 Å². The molecule has 0 bridgehead atoms. The van der Waals surface area contributed by atoms with Crippen molar-refractivity contribution in [3.63, 3.8) is 0 Å². The van der Waals surface area contributed by atoms with Gasteiger partial charge in [0.15, 0.2) is 0 Å². The van der Waals surface area contributed by atoms with E-state index in [9.17, 15) is 8.42 Å². The third-order valence-electron chi connectivity index (χ3n) is 1.82. The van der Waals surface area contributed by atoms with Crippen molar-refractivity contribution in [2.45, 2.75) is 32.9 Å². The van der Waals surface area contributed by atoms with Gasteiger partial charge in [-0.3, -0.25) is 0 Å². The molecule has 86 valence electrons. The summed E-state index contributed by atoms with van der Waals surface area (Å²) >= 11 is 0. The fourth-order valence-corrected chi connectivity index (χ4v) is 2.16. The standard InChI is InChI=1S/C9H22N2O2S/c1-8(6-10-5)14(12,13)11-7-9(2,3)4/h8,10-11H,6-7H2,1-5H3. The van der Waals surface area contributed by atoms with Gasteiger partial charge in [-0.05, 0) is 19.4 Å². The van der Waals surface area contributed by atoms with Crippen molar-refractivity contribution in [3.05, 3.63) is 0 Å². The van der Waals surface area contributed by atoms with Gasteiger partial charge in [0.05, 0.1) is 5.25 Å². The number of sulfonamides is 1. The summed E-state index contributed by atoms with van der Waals surface area (Å²) < 4.78 is 25.8. The van der Waals surface area contributed by atoms with Crippen LogP contribution in [0.1, 0.15) is 27.7 Å². The highest BCUT2D eigenvalue weighted by molar-refractivity contribution is 7.90. The first-order valence-electron chi connectivity index (χ1n) is 4.82. The van der Waals surface area contributed by atoms with E-state index in [2.05, 4.69) is 10.0 Å². The molecule has 1 unspecified atom stereocenters. The summed E-state index contributed by atoms with van der Waals surface area (Å²) in [4.78, 5) is 0. The van der Waals surface area contributed by atoms with Crippen molar-refractivity contribution >= 4 is 10.0 Å². The summed E-state index contributed by atoms with van der Waals surface area (Å²) in [6.07, 6.45) is 0. The Morgan fingerprint density at radius 2 is 1.79 bits per heavy atom. The first-order chi connectivity index (χ1) is 6.19. The van der Waals surface area contributed by atoms with Gasteiger partial charge in [0.2, 0.25) is 10.0 Å². The van der Waals surface area contributed by atoms with Crippen molar-refractivity contribution in [3.8, 4) is 0 Å². The van der Waals surface area contributed by atoms with Crippen LogP contribution in [-0.2, 0) is 10.0 Å². The first kappa shape index (κ1) is 13.9. The lowest BCUT2D eigenvalue weighted by molar-refractivity contribution is 0.406. The molecule has 0 rings (SSSR count). The monoisotopic (exact) mass is 222 g/mol. The van der Waals surface area contributed by atoms with Crippen LogP contribution >= 0.6 is 0 Å². The van der Waals surface area contributed by atoms with Crippen LogP contribution in [0.15, 0.2) is 0 Å². The van der Waals surface area contributed by atoms with Gasteiger partial charge < -0.3 is 5.32 Å². The molecule has 0 aromatic carbocycles. The average molecular weight is 222 g/mol. The number of rotatable bonds is 5. The molecule has 0 aliphatic rings. The summed E-state index contributed by atoms with van der Waals surface area (Å²) in [5.41, 5.74) is -0.0214. The van der Waals surface area contributed by atoms with E-state index < -0.39 is 15.3 Å². The summed E-state index contributed by atoms with van der Waals surface area (Å²) in [5.74, 6) is 0. The van der Waals surface area contributed by atoms with E-state index in [0.29, 0.717) is 13.1 Å². The van der Waals surface area contributed by atoms with Gasteiger partial charge in [0.25, 0.3) is 0 Å². The van der Waals surface area contributed by atoms with Crippen molar-refractivity contribution in [1.82, 2.24) is 10.0 Å². The maximum atomic E-state index is 11.6. The molecule has 0 amide bonds. The predicted octanol–water partition coefficient (Wildman–Crippen LogP) is 0.560. The largest absolute Gasteiger partial charge is 0.318 e. The zero-order valence-electron chi connectivity index (χ0n) is 9.72. The smallest absolute Gasteiger partial charge is 0.215 e. The number of hydrogen-bond acceptors (Lipinski definition) is 3. The number of nitrogens with one attached hydrogen (secondary N) is 2. The average Bonchev–Trinajstić information content (AvgIpc) is 2.00. The minimum absolute atomic E-state index is 0.0214. The lowest BCUT2D eigenvalue weighted by Gasteiger charge is -2.21. The quantitative estimate of drug-likeness (QED) is 0.714. The third-order valence-corrected chi connectivity index (χ3v) is 3.60. The van der Waals surface area contributed by atoms with Gasteiger partial charge in [-0.1, -0.05) is 20.8 Å². The Labute approximate surface area is 87.5 Å². The zero-order valence-corrected chi connectivity index (χ0v) is 10.5.